The molecule has 1 aromatic carbocycles. The maximum atomic E-state index is 8.92. The van der Waals surface area contributed by atoms with Crippen LogP contribution in [-0.2, 0) is 6.42 Å². The summed E-state index contributed by atoms with van der Waals surface area (Å²) in [7, 11) is 1.95. The van der Waals surface area contributed by atoms with Gasteiger partial charge in [-0.3, -0.25) is 0 Å². The van der Waals surface area contributed by atoms with E-state index >= 15 is 0 Å². The average molecular weight is 291 g/mol. The van der Waals surface area contributed by atoms with Crippen LogP contribution in [0.3, 0.4) is 0 Å². The van der Waals surface area contributed by atoms with Crippen molar-refractivity contribution in [3.05, 3.63) is 52.2 Å². The van der Waals surface area contributed by atoms with Crippen molar-refractivity contribution in [1.29, 1.82) is 0 Å². The summed E-state index contributed by atoms with van der Waals surface area (Å²) >= 11 is 1.73. The standard InChI is InChI=1S/C16H21NO2S/c1-17-10-8-15(16-3-2-12-20-16)19-14-6-4-13(5-7-14)9-11-18/h2-7,12,15,17-18H,8-11H2,1H3/t15-/m0/s1. The number of hydrogen-bond acceptors (Lipinski definition) is 4. The Morgan fingerprint density at radius 3 is 2.65 bits per heavy atom. The van der Waals surface area contributed by atoms with Crippen molar-refractivity contribution in [2.45, 2.75) is 18.9 Å². The molecule has 0 bridgehead atoms. The quantitative estimate of drug-likeness (QED) is 0.785. The van der Waals surface area contributed by atoms with Gasteiger partial charge in [0.1, 0.15) is 11.9 Å². The number of aliphatic hydroxyl groups excluding tert-OH is 1. The van der Waals surface area contributed by atoms with Gasteiger partial charge in [0.05, 0.1) is 0 Å². The lowest BCUT2D eigenvalue weighted by Crippen LogP contribution is -2.15. The Morgan fingerprint density at radius 1 is 1.25 bits per heavy atom. The molecule has 0 aliphatic heterocycles. The third-order valence-corrected chi connectivity index (χ3v) is 4.08. The molecular formula is C16H21NO2S. The van der Waals surface area contributed by atoms with Gasteiger partial charge in [-0.05, 0) is 49.2 Å². The minimum atomic E-state index is 0.0890. The molecule has 0 radical (unpaired) electrons. The van der Waals surface area contributed by atoms with Crippen LogP contribution >= 0.6 is 11.3 Å². The van der Waals surface area contributed by atoms with E-state index in [2.05, 4.69) is 22.8 Å². The summed E-state index contributed by atoms with van der Waals surface area (Å²) in [6.45, 7) is 1.10. The van der Waals surface area contributed by atoms with Crippen LogP contribution in [0.15, 0.2) is 41.8 Å². The molecule has 108 valence electrons. The van der Waals surface area contributed by atoms with Crippen LogP contribution in [0.5, 0.6) is 5.75 Å². The number of benzene rings is 1. The molecule has 20 heavy (non-hydrogen) atoms. The molecule has 0 aliphatic rings. The minimum Gasteiger partial charge on any atom is -0.485 e. The van der Waals surface area contributed by atoms with Crippen LogP contribution < -0.4 is 10.1 Å². The molecule has 2 N–H and O–H groups in total. The van der Waals surface area contributed by atoms with Crippen LogP contribution in [0.4, 0.5) is 0 Å². The van der Waals surface area contributed by atoms with E-state index in [1.54, 1.807) is 11.3 Å². The van der Waals surface area contributed by atoms with Gasteiger partial charge in [0.2, 0.25) is 0 Å². The molecule has 0 aliphatic carbocycles. The maximum Gasteiger partial charge on any atom is 0.134 e. The molecule has 2 rings (SSSR count). The molecule has 3 nitrogen and oxygen atoms in total. The largest absolute Gasteiger partial charge is 0.485 e. The summed E-state index contributed by atoms with van der Waals surface area (Å²) in [5, 5.41) is 14.2. The number of rotatable bonds is 8. The van der Waals surface area contributed by atoms with Gasteiger partial charge >= 0.3 is 0 Å². The predicted octanol–water partition coefficient (Wildman–Crippen LogP) is 3.01. The highest BCUT2D eigenvalue weighted by Crippen LogP contribution is 2.28. The van der Waals surface area contributed by atoms with Crippen molar-refractivity contribution in [2.24, 2.45) is 0 Å². The molecule has 2 aromatic rings. The van der Waals surface area contributed by atoms with E-state index in [-0.39, 0.29) is 12.7 Å². The van der Waals surface area contributed by atoms with Gasteiger partial charge in [0.15, 0.2) is 0 Å². The Labute approximate surface area is 124 Å². The highest BCUT2D eigenvalue weighted by molar-refractivity contribution is 7.10. The number of hydrogen-bond donors (Lipinski definition) is 2. The molecule has 1 heterocycles. The smallest absolute Gasteiger partial charge is 0.134 e. The molecule has 0 saturated carbocycles. The van der Waals surface area contributed by atoms with Crippen LogP contribution in [0.25, 0.3) is 0 Å². The first-order valence-corrected chi connectivity index (χ1v) is 7.76. The van der Waals surface area contributed by atoms with Crippen molar-refractivity contribution in [2.75, 3.05) is 20.2 Å². The van der Waals surface area contributed by atoms with E-state index in [0.717, 1.165) is 24.3 Å². The van der Waals surface area contributed by atoms with Crippen LogP contribution in [-0.4, -0.2) is 25.3 Å². The van der Waals surface area contributed by atoms with Crippen molar-refractivity contribution >= 4 is 11.3 Å². The fourth-order valence-corrected chi connectivity index (χ4v) is 2.83. The third-order valence-electron chi connectivity index (χ3n) is 3.12. The third kappa shape index (κ3) is 4.34. The van der Waals surface area contributed by atoms with Gasteiger partial charge in [0, 0.05) is 17.9 Å². The minimum absolute atomic E-state index is 0.0890. The van der Waals surface area contributed by atoms with Gasteiger partial charge in [-0.1, -0.05) is 18.2 Å². The first-order valence-electron chi connectivity index (χ1n) is 6.88. The lowest BCUT2D eigenvalue weighted by atomic mass is 10.1. The SMILES string of the molecule is CNCC[C@H](Oc1ccc(CCO)cc1)c1cccs1. The zero-order chi connectivity index (χ0) is 14.2. The molecule has 0 spiro atoms. The lowest BCUT2D eigenvalue weighted by molar-refractivity contribution is 0.198. The van der Waals surface area contributed by atoms with Gasteiger partial charge in [-0.15, -0.1) is 11.3 Å². The van der Waals surface area contributed by atoms with E-state index in [9.17, 15) is 0 Å². The topological polar surface area (TPSA) is 41.5 Å². The molecular weight excluding hydrogens is 270 g/mol. The number of aliphatic hydroxyl groups is 1. The van der Waals surface area contributed by atoms with Gasteiger partial charge in [-0.25, -0.2) is 0 Å². The zero-order valence-electron chi connectivity index (χ0n) is 11.7. The first kappa shape index (κ1) is 15.0. The predicted molar refractivity (Wildman–Crippen MR) is 83.5 cm³/mol. The Bertz CT molecular complexity index is 482. The second-order valence-electron chi connectivity index (χ2n) is 4.63. The van der Waals surface area contributed by atoms with E-state index in [4.69, 9.17) is 9.84 Å². The molecule has 0 unspecified atom stereocenters. The Balaban J connectivity index is 2.03. The Kier molecular flexibility index (Phi) is 6.05. The summed E-state index contributed by atoms with van der Waals surface area (Å²) in [4.78, 5) is 1.25. The van der Waals surface area contributed by atoms with Crippen LogP contribution in [0.1, 0.15) is 23.0 Å². The zero-order valence-corrected chi connectivity index (χ0v) is 12.5. The van der Waals surface area contributed by atoms with E-state index in [1.165, 1.54) is 4.88 Å². The molecule has 1 aromatic heterocycles. The highest BCUT2D eigenvalue weighted by atomic mass is 32.1. The van der Waals surface area contributed by atoms with Crippen LogP contribution in [0, 0.1) is 0 Å². The summed E-state index contributed by atoms with van der Waals surface area (Å²) in [5.74, 6) is 0.876. The summed E-state index contributed by atoms with van der Waals surface area (Å²) < 4.78 is 6.10. The summed E-state index contributed by atoms with van der Waals surface area (Å²) in [6, 6.07) is 12.1. The van der Waals surface area contributed by atoms with Crippen molar-refractivity contribution < 1.29 is 9.84 Å². The van der Waals surface area contributed by atoms with Crippen molar-refractivity contribution in [3.63, 3.8) is 0 Å². The van der Waals surface area contributed by atoms with Gasteiger partial charge in [0.25, 0.3) is 0 Å². The van der Waals surface area contributed by atoms with Crippen LogP contribution in [0.2, 0.25) is 0 Å². The fourth-order valence-electron chi connectivity index (χ4n) is 2.04. The number of thiophene rings is 1. The first-order chi connectivity index (χ1) is 9.83. The monoisotopic (exact) mass is 291 g/mol. The fraction of sp³-hybridized carbons (Fsp3) is 0.375. The Hall–Kier alpha value is -1.36. The molecule has 4 heteroatoms. The molecule has 0 fully saturated rings. The highest BCUT2D eigenvalue weighted by Gasteiger charge is 2.14. The molecule has 0 amide bonds. The summed E-state index contributed by atoms with van der Waals surface area (Å²) in [6.07, 6.45) is 1.72. The van der Waals surface area contributed by atoms with Gasteiger partial charge in [-0.2, -0.15) is 0 Å². The van der Waals surface area contributed by atoms with E-state index < -0.39 is 0 Å². The average Bonchev–Trinajstić information content (AvgIpc) is 3.00. The van der Waals surface area contributed by atoms with Gasteiger partial charge < -0.3 is 15.2 Å². The van der Waals surface area contributed by atoms with Crippen molar-refractivity contribution in [3.8, 4) is 5.75 Å². The molecule has 1 atom stereocenters. The van der Waals surface area contributed by atoms with E-state index in [0.29, 0.717) is 6.42 Å². The second kappa shape index (κ2) is 8.04. The number of ether oxygens (including phenoxy) is 1. The Morgan fingerprint density at radius 2 is 2.05 bits per heavy atom. The lowest BCUT2D eigenvalue weighted by Gasteiger charge is -2.18. The summed E-state index contributed by atoms with van der Waals surface area (Å²) in [5.41, 5.74) is 1.13. The maximum absolute atomic E-state index is 8.92. The molecule has 0 saturated heterocycles. The number of nitrogens with one attached hydrogen (secondary N) is 1. The normalized spacial score (nSPS) is 12.3. The van der Waals surface area contributed by atoms with E-state index in [1.807, 2.05) is 31.3 Å². The second-order valence-corrected chi connectivity index (χ2v) is 5.61. The van der Waals surface area contributed by atoms with Crippen molar-refractivity contribution in [1.82, 2.24) is 5.32 Å².